The highest BCUT2D eigenvalue weighted by molar-refractivity contribution is 7.89. The van der Waals surface area contributed by atoms with Gasteiger partial charge < -0.3 is 10.3 Å². The molecule has 2 aromatic rings. The van der Waals surface area contributed by atoms with E-state index in [4.69, 9.17) is 0 Å². The molecule has 0 aliphatic carbocycles. The number of aryl methyl sites for hydroxylation is 1. The van der Waals surface area contributed by atoms with E-state index in [-0.39, 0.29) is 11.6 Å². The third kappa shape index (κ3) is 3.90. The van der Waals surface area contributed by atoms with Gasteiger partial charge in [0.1, 0.15) is 0 Å². The largest absolute Gasteiger partial charge is 0.347 e. The van der Waals surface area contributed by atoms with E-state index >= 15 is 0 Å². The first kappa shape index (κ1) is 15.7. The molecule has 0 unspecified atom stereocenters. The Morgan fingerprint density at radius 3 is 2.81 bits per heavy atom. The molecule has 4 N–H and O–H groups in total. The van der Waals surface area contributed by atoms with E-state index in [2.05, 4.69) is 37.1 Å². The van der Waals surface area contributed by atoms with Gasteiger partial charge in [0.2, 0.25) is 0 Å². The molecule has 0 bridgehead atoms. The van der Waals surface area contributed by atoms with Crippen molar-refractivity contribution in [3.05, 3.63) is 29.5 Å². The molecule has 21 heavy (non-hydrogen) atoms. The summed E-state index contributed by atoms with van der Waals surface area (Å²) in [7, 11) is -3.66. The molecular formula is C12H20N6O2S. The third-order valence-electron chi connectivity index (χ3n) is 3.03. The van der Waals surface area contributed by atoms with Crippen molar-refractivity contribution in [2.75, 3.05) is 6.54 Å². The van der Waals surface area contributed by atoms with Crippen LogP contribution in [0.2, 0.25) is 0 Å². The SMILES string of the molecule is CCCNCc1c(S(=O)(=O)NCc2cnc[nH]2)n[nH]c1C. The average molecular weight is 312 g/mol. The third-order valence-corrected chi connectivity index (χ3v) is 4.40. The second-order valence-corrected chi connectivity index (χ2v) is 6.39. The zero-order valence-corrected chi connectivity index (χ0v) is 12.9. The normalized spacial score (nSPS) is 11.9. The van der Waals surface area contributed by atoms with Gasteiger partial charge in [0, 0.05) is 29.7 Å². The minimum atomic E-state index is -3.66. The average Bonchev–Trinajstić information content (AvgIpc) is 3.08. The number of aromatic amines is 2. The van der Waals surface area contributed by atoms with Gasteiger partial charge in [-0.3, -0.25) is 5.10 Å². The van der Waals surface area contributed by atoms with Crippen molar-refractivity contribution in [3.63, 3.8) is 0 Å². The first-order valence-corrected chi connectivity index (χ1v) is 8.24. The molecule has 0 amide bonds. The molecule has 116 valence electrons. The van der Waals surface area contributed by atoms with Crippen molar-refractivity contribution in [3.8, 4) is 0 Å². The molecule has 2 heterocycles. The standard InChI is InChI=1S/C12H20N6O2S/c1-3-4-13-7-11-9(2)17-18-12(11)21(19,20)16-6-10-5-14-8-15-10/h5,8,13,16H,3-4,6-7H2,1-2H3,(H,14,15)(H,17,18). The quantitative estimate of drug-likeness (QED) is 0.527. The maximum Gasteiger partial charge on any atom is 0.260 e. The number of rotatable bonds is 8. The lowest BCUT2D eigenvalue weighted by Gasteiger charge is -2.07. The van der Waals surface area contributed by atoms with E-state index < -0.39 is 10.0 Å². The van der Waals surface area contributed by atoms with E-state index in [0.717, 1.165) is 18.7 Å². The molecule has 0 atom stereocenters. The van der Waals surface area contributed by atoms with E-state index in [1.54, 1.807) is 6.20 Å². The zero-order valence-electron chi connectivity index (χ0n) is 12.1. The highest BCUT2D eigenvalue weighted by Gasteiger charge is 2.23. The fourth-order valence-electron chi connectivity index (χ4n) is 1.87. The Balaban J connectivity index is 2.11. The second-order valence-electron chi connectivity index (χ2n) is 4.71. The lowest BCUT2D eigenvalue weighted by atomic mass is 10.2. The van der Waals surface area contributed by atoms with Crippen molar-refractivity contribution in [1.82, 2.24) is 30.2 Å². The van der Waals surface area contributed by atoms with Crippen LogP contribution in [0.25, 0.3) is 0 Å². The predicted octanol–water partition coefficient (Wildman–Crippen LogP) is 0.419. The minimum Gasteiger partial charge on any atom is -0.347 e. The van der Waals surface area contributed by atoms with Crippen LogP contribution in [0.4, 0.5) is 0 Å². The van der Waals surface area contributed by atoms with Gasteiger partial charge in [0.15, 0.2) is 5.03 Å². The minimum absolute atomic E-state index is 0.0446. The van der Waals surface area contributed by atoms with Gasteiger partial charge in [0.25, 0.3) is 10.0 Å². The van der Waals surface area contributed by atoms with E-state index in [0.29, 0.717) is 17.8 Å². The van der Waals surface area contributed by atoms with Crippen molar-refractivity contribution in [1.29, 1.82) is 0 Å². The Bertz CT molecular complexity index is 662. The maximum absolute atomic E-state index is 12.3. The Morgan fingerprint density at radius 2 is 2.14 bits per heavy atom. The summed E-state index contributed by atoms with van der Waals surface area (Å²) in [5.74, 6) is 0. The molecule has 0 saturated heterocycles. The molecule has 0 spiro atoms. The lowest BCUT2D eigenvalue weighted by Crippen LogP contribution is -2.26. The number of aromatic nitrogens is 4. The van der Waals surface area contributed by atoms with Gasteiger partial charge >= 0.3 is 0 Å². The molecule has 0 radical (unpaired) electrons. The first-order valence-electron chi connectivity index (χ1n) is 6.76. The van der Waals surface area contributed by atoms with Gasteiger partial charge in [-0.05, 0) is 19.9 Å². The number of nitrogens with one attached hydrogen (secondary N) is 4. The number of nitrogens with zero attached hydrogens (tertiary/aromatic N) is 2. The number of hydrogen-bond donors (Lipinski definition) is 4. The molecule has 8 nitrogen and oxygen atoms in total. The summed E-state index contributed by atoms with van der Waals surface area (Å²) in [4.78, 5) is 6.69. The summed E-state index contributed by atoms with van der Waals surface area (Å²) in [5, 5.41) is 9.90. The first-order chi connectivity index (χ1) is 10.0. The van der Waals surface area contributed by atoms with E-state index in [9.17, 15) is 8.42 Å². The molecule has 0 saturated carbocycles. The number of sulfonamides is 1. The second kappa shape index (κ2) is 6.83. The molecule has 0 aliphatic rings. The highest BCUT2D eigenvalue weighted by atomic mass is 32.2. The monoisotopic (exact) mass is 312 g/mol. The smallest absolute Gasteiger partial charge is 0.260 e. The van der Waals surface area contributed by atoms with Crippen LogP contribution in [0.1, 0.15) is 30.3 Å². The summed E-state index contributed by atoms with van der Waals surface area (Å²) in [5.41, 5.74) is 2.11. The molecule has 0 aliphatic heterocycles. The van der Waals surface area contributed by atoms with Crippen LogP contribution in [0, 0.1) is 6.92 Å². The van der Waals surface area contributed by atoms with Crippen molar-refractivity contribution in [2.45, 2.75) is 38.4 Å². The maximum atomic E-state index is 12.3. The molecular weight excluding hydrogens is 292 g/mol. The topological polar surface area (TPSA) is 116 Å². The number of hydrogen-bond acceptors (Lipinski definition) is 5. The van der Waals surface area contributed by atoms with Crippen LogP contribution in [0.15, 0.2) is 17.6 Å². The van der Waals surface area contributed by atoms with Crippen LogP contribution in [-0.4, -0.2) is 35.1 Å². The summed E-state index contributed by atoms with van der Waals surface area (Å²) >= 11 is 0. The van der Waals surface area contributed by atoms with Gasteiger partial charge in [-0.1, -0.05) is 6.92 Å². The van der Waals surface area contributed by atoms with Crippen LogP contribution in [0.3, 0.4) is 0 Å². The lowest BCUT2D eigenvalue weighted by molar-refractivity contribution is 0.572. The van der Waals surface area contributed by atoms with Crippen molar-refractivity contribution < 1.29 is 8.42 Å². The molecule has 0 fully saturated rings. The van der Waals surface area contributed by atoms with Crippen LogP contribution < -0.4 is 10.0 Å². The van der Waals surface area contributed by atoms with Crippen LogP contribution in [-0.2, 0) is 23.1 Å². The molecule has 0 aromatic carbocycles. The number of imidazole rings is 1. The van der Waals surface area contributed by atoms with Gasteiger partial charge in [-0.25, -0.2) is 18.1 Å². The summed E-state index contributed by atoms with van der Waals surface area (Å²) < 4.78 is 27.2. The van der Waals surface area contributed by atoms with Gasteiger partial charge in [-0.15, -0.1) is 0 Å². The Labute approximate surface area is 123 Å². The fraction of sp³-hybridized carbons (Fsp3) is 0.500. The summed E-state index contributed by atoms with van der Waals surface area (Å²) in [6, 6.07) is 0. The van der Waals surface area contributed by atoms with E-state index in [1.807, 2.05) is 6.92 Å². The van der Waals surface area contributed by atoms with Crippen molar-refractivity contribution >= 4 is 10.0 Å². The molecule has 2 rings (SSSR count). The summed E-state index contributed by atoms with van der Waals surface area (Å²) in [6.45, 7) is 5.31. The molecule has 9 heteroatoms. The molecule has 2 aromatic heterocycles. The van der Waals surface area contributed by atoms with E-state index in [1.165, 1.54) is 6.33 Å². The predicted molar refractivity (Wildman–Crippen MR) is 77.9 cm³/mol. The van der Waals surface area contributed by atoms with Crippen LogP contribution in [0.5, 0.6) is 0 Å². The Kier molecular flexibility index (Phi) is 5.10. The van der Waals surface area contributed by atoms with Crippen molar-refractivity contribution in [2.24, 2.45) is 0 Å². The van der Waals surface area contributed by atoms with Gasteiger partial charge in [0.05, 0.1) is 12.9 Å². The van der Waals surface area contributed by atoms with Crippen LogP contribution >= 0.6 is 0 Å². The highest BCUT2D eigenvalue weighted by Crippen LogP contribution is 2.16. The Morgan fingerprint density at radius 1 is 1.33 bits per heavy atom. The van der Waals surface area contributed by atoms with Gasteiger partial charge in [-0.2, -0.15) is 5.10 Å². The number of H-pyrrole nitrogens is 2. The zero-order chi connectivity index (χ0) is 15.3. The fourth-order valence-corrected chi connectivity index (χ4v) is 3.07. The Hall–Kier alpha value is -1.71. The summed E-state index contributed by atoms with van der Waals surface area (Å²) in [6.07, 6.45) is 4.06.